The van der Waals surface area contributed by atoms with Crippen molar-refractivity contribution in [1.29, 1.82) is 0 Å². The maximum Gasteiger partial charge on any atom is 0.132 e. The van der Waals surface area contributed by atoms with Crippen LogP contribution in [-0.4, -0.2) is 39.0 Å². The van der Waals surface area contributed by atoms with E-state index in [2.05, 4.69) is 64.7 Å². The number of hydrogen-bond acceptors (Lipinski definition) is 1. The topological polar surface area (TPSA) is 3.24 Å². The van der Waals surface area contributed by atoms with E-state index in [1.165, 1.54) is 5.56 Å². The largest absolute Gasteiger partial charge is 0.302 e. The molecule has 0 radical (unpaired) electrons. The Morgan fingerprint density at radius 1 is 1.38 bits per heavy atom. The first-order valence-electron chi connectivity index (χ1n) is 5.72. The highest BCUT2D eigenvalue weighted by molar-refractivity contribution is 6.42. The van der Waals surface area contributed by atoms with Crippen LogP contribution in [0.25, 0.3) is 0 Å². The standard InChI is InChI=1S/C13H19B2N/c1-4-13(14,15)16(3)11(2)10-12-8-6-5-7-9-12/h1,5-9,11H,10,14-15H2,2-3H3/t11-/m1/s1. The number of nitrogens with zero attached hydrogens (tertiary/aromatic N) is 1. The maximum absolute atomic E-state index is 5.55. The van der Waals surface area contributed by atoms with Gasteiger partial charge < -0.3 is 4.90 Å². The normalized spacial score (nSPS) is 13.4. The molecule has 3 heteroatoms. The lowest BCUT2D eigenvalue weighted by Gasteiger charge is -2.36. The third-order valence-corrected chi connectivity index (χ3v) is 3.27. The van der Waals surface area contributed by atoms with Gasteiger partial charge in [-0.1, -0.05) is 30.3 Å². The summed E-state index contributed by atoms with van der Waals surface area (Å²) in [6.45, 7) is 2.21. The number of likely N-dealkylation sites (N-methyl/N-ethyl adjacent to an activating group) is 1. The zero-order valence-corrected chi connectivity index (χ0v) is 10.7. The molecule has 0 aromatic heterocycles. The third kappa shape index (κ3) is 3.18. The monoisotopic (exact) mass is 211 g/mol. The summed E-state index contributed by atoms with van der Waals surface area (Å²) in [6, 6.07) is 11.0. The molecule has 0 aliphatic rings. The van der Waals surface area contributed by atoms with Gasteiger partial charge in [0.2, 0.25) is 0 Å². The number of terminal acetylenes is 1. The summed E-state index contributed by atoms with van der Waals surface area (Å²) in [7, 11) is 6.25. The van der Waals surface area contributed by atoms with E-state index < -0.39 is 0 Å². The molecule has 0 unspecified atom stereocenters. The van der Waals surface area contributed by atoms with Crippen LogP contribution in [0, 0.1) is 12.3 Å². The predicted octanol–water partition coefficient (Wildman–Crippen LogP) is 0.103. The summed E-state index contributed by atoms with van der Waals surface area (Å²) in [5.74, 6) is 2.83. The van der Waals surface area contributed by atoms with E-state index in [-0.39, 0.29) is 5.34 Å². The molecule has 0 fully saturated rings. The molecule has 1 atom stereocenters. The van der Waals surface area contributed by atoms with Crippen molar-refractivity contribution < 1.29 is 0 Å². The fraction of sp³-hybridized carbons (Fsp3) is 0.385. The lowest BCUT2D eigenvalue weighted by Crippen LogP contribution is -2.51. The van der Waals surface area contributed by atoms with E-state index in [0.717, 1.165) is 6.42 Å². The lowest BCUT2D eigenvalue weighted by atomic mass is 9.61. The molecule has 1 rings (SSSR count). The summed E-state index contributed by atoms with van der Waals surface area (Å²) in [4.78, 5) is 2.25. The minimum atomic E-state index is -0.186. The second kappa shape index (κ2) is 5.27. The van der Waals surface area contributed by atoms with E-state index in [0.29, 0.717) is 6.04 Å². The highest BCUT2D eigenvalue weighted by atomic mass is 15.2. The first-order chi connectivity index (χ1) is 7.47. The second-order valence-electron chi connectivity index (χ2n) is 4.85. The molecule has 0 amide bonds. The Hall–Kier alpha value is -1.13. The van der Waals surface area contributed by atoms with Crippen LogP contribution in [0.5, 0.6) is 0 Å². The van der Waals surface area contributed by atoms with E-state index in [4.69, 9.17) is 6.42 Å². The van der Waals surface area contributed by atoms with E-state index >= 15 is 0 Å². The van der Waals surface area contributed by atoms with E-state index in [9.17, 15) is 0 Å². The van der Waals surface area contributed by atoms with Crippen LogP contribution in [-0.2, 0) is 6.42 Å². The molecule has 0 spiro atoms. The predicted molar refractivity (Wildman–Crippen MR) is 76.0 cm³/mol. The number of benzene rings is 1. The minimum Gasteiger partial charge on any atom is -0.302 e. The highest BCUT2D eigenvalue weighted by Crippen LogP contribution is 2.12. The number of rotatable bonds is 4. The average Bonchev–Trinajstić information content (AvgIpc) is 2.29. The van der Waals surface area contributed by atoms with Gasteiger partial charge in [0, 0.05) is 11.4 Å². The van der Waals surface area contributed by atoms with Crippen LogP contribution < -0.4 is 0 Å². The summed E-state index contributed by atoms with van der Waals surface area (Å²) >= 11 is 0. The zero-order chi connectivity index (χ0) is 12.2. The van der Waals surface area contributed by atoms with Crippen molar-refractivity contribution in [2.24, 2.45) is 0 Å². The van der Waals surface area contributed by atoms with Gasteiger partial charge in [-0.15, -0.1) is 12.3 Å². The van der Waals surface area contributed by atoms with Gasteiger partial charge >= 0.3 is 0 Å². The molecule has 1 aromatic rings. The molecular formula is C13H19B2N. The fourth-order valence-electron chi connectivity index (χ4n) is 1.74. The van der Waals surface area contributed by atoms with Gasteiger partial charge in [-0.2, -0.15) is 0 Å². The van der Waals surface area contributed by atoms with E-state index in [1.807, 2.05) is 6.07 Å². The van der Waals surface area contributed by atoms with E-state index in [1.54, 1.807) is 0 Å². The van der Waals surface area contributed by atoms with Gasteiger partial charge in [-0.25, -0.2) is 0 Å². The van der Waals surface area contributed by atoms with Crippen LogP contribution in [0.1, 0.15) is 12.5 Å². The van der Waals surface area contributed by atoms with Gasteiger partial charge in [0.15, 0.2) is 0 Å². The molecule has 0 aliphatic carbocycles. The van der Waals surface area contributed by atoms with Crippen LogP contribution in [0.15, 0.2) is 30.3 Å². The molecule has 82 valence electrons. The Balaban J connectivity index is 2.67. The van der Waals surface area contributed by atoms with Crippen LogP contribution in [0.3, 0.4) is 0 Å². The van der Waals surface area contributed by atoms with Gasteiger partial charge in [0.05, 0.1) is 0 Å². The molecule has 0 bridgehead atoms. The molecule has 0 aliphatic heterocycles. The van der Waals surface area contributed by atoms with Crippen LogP contribution in [0.4, 0.5) is 0 Å². The second-order valence-corrected chi connectivity index (χ2v) is 4.85. The molecule has 0 saturated carbocycles. The first-order valence-corrected chi connectivity index (χ1v) is 5.72. The maximum atomic E-state index is 5.55. The Labute approximate surface area is 101 Å². The van der Waals surface area contributed by atoms with Gasteiger partial charge in [-0.05, 0) is 26.0 Å². The van der Waals surface area contributed by atoms with Gasteiger partial charge in [-0.3, -0.25) is 0 Å². The lowest BCUT2D eigenvalue weighted by molar-refractivity contribution is 0.242. The molecule has 16 heavy (non-hydrogen) atoms. The fourth-order valence-corrected chi connectivity index (χ4v) is 1.74. The Morgan fingerprint density at radius 3 is 2.44 bits per heavy atom. The molecule has 0 N–H and O–H groups in total. The Kier molecular flexibility index (Phi) is 4.26. The van der Waals surface area contributed by atoms with Crippen LogP contribution in [0.2, 0.25) is 0 Å². The first kappa shape index (κ1) is 12.9. The zero-order valence-electron chi connectivity index (χ0n) is 10.7. The van der Waals surface area contributed by atoms with Crippen molar-refractivity contribution in [2.45, 2.75) is 24.7 Å². The van der Waals surface area contributed by atoms with Crippen molar-refractivity contribution in [1.82, 2.24) is 4.90 Å². The molecule has 1 nitrogen and oxygen atoms in total. The molecular weight excluding hydrogens is 192 g/mol. The van der Waals surface area contributed by atoms with Crippen molar-refractivity contribution in [3.63, 3.8) is 0 Å². The Bertz CT molecular complexity index is 367. The van der Waals surface area contributed by atoms with Crippen molar-refractivity contribution in [3.05, 3.63) is 35.9 Å². The van der Waals surface area contributed by atoms with Gasteiger partial charge in [0.25, 0.3) is 0 Å². The molecule has 0 saturated heterocycles. The highest BCUT2D eigenvalue weighted by Gasteiger charge is 2.24. The van der Waals surface area contributed by atoms with Crippen molar-refractivity contribution in [3.8, 4) is 12.3 Å². The molecule has 0 heterocycles. The summed E-state index contributed by atoms with van der Waals surface area (Å²) < 4.78 is 0. The SMILES string of the molecule is BC(B)(C#C)N(C)[C@H](C)Cc1ccccc1. The quantitative estimate of drug-likeness (QED) is 0.504. The smallest absolute Gasteiger partial charge is 0.132 e. The summed E-state index contributed by atoms with van der Waals surface area (Å²) in [6.07, 6.45) is 6.58. The number of hydrogen-bond donors (Lipinski definition) is 0. The van der Waals surface area contributed by atoms with Crippen LogP contribution >= 0.6 is 0 Å². The van der Waals surface area contributed by atoms with Crippen molar-refractivity contribution >= 4 is 15.7 Å². The average molecular weight is 211 g/mol. The summed E-state index contributed by atoms with van der Waals surface area (Å²) in [5, 5.41) is -0.186. The minimum absolute atomic E-state index is 0.186. The Morgan fingerprint density at radius 2 is 1.94 bits per heavy atom. The van der Waals surface area contributed by atoms with Gasteiger partial charge in [0.1, 0.15) is 15.7 Å². The van der Waals surface area contributed by atoms with Crippen molar-refractivity contribution in [2.75, 3.05) is 7.05 Å². The third-order valence-electron chi connectivity index (χ3n) is 3.27. The molecule has 1 aromatic carbocycles. The summed E-state index contributed by atoms with van der Waals surface area (Å²) in [5.41, 5.74) is 1.36.